The molecule has 6 heteroatoms. The number of rotatable bonds is 5. The van der Waals surface area contributed by atoms with Gasteiger partial charge in [0.2, 0.25) is 0 Å². The van der Waals surface area contributed by atoms with Crippen LogP contribution in [0.25, 0.3) is 0 Å². The number of halogens is 2. The van der Waals surface area contributed by atoms with Crippen molar-refractivity contribution in [1.82, 2.24) is 5.32 Å². The van der Waals surface area contributed by atoms with E-state index in [9.17, 15) is 18.4 Å². The second-order valence-electron chi connectivity index (χ2n) is 5.43. The van der Waals surface area contributed by atoms with Gasteiger partial charge in [0.15, 0.2) is 6.61 Å². The van der Waals surface area contributed by atoms with E-state index in [1.807, 2.05) is 32.0 Å². The standard InChI is InChI=1S/C18H17F2NO3/c1-11-3-4-13(5-12(11)2)9-21-17(22)10-24-18(23)14-6-15(19)8-16(20)7-14/h3-8H,9-10H2,1-2H3,(H,21,22). The van der Waals surface area contributed by atoms with E-state index in [1.165, 1.54) is 0 Å². The molecular weight excluding hydrogens is 316 g/mol. The molecule has 0 aliphatic heterocycles. The van der Waals surface area contributed by atoms with Crippen LogP contribution < -0.4 is 5.32 Å². The van der Waals surface area contributed by atoms with E-state index in [0.717, 1.165) is 28.8 Å². The van der Waals surface area contributed by atoms with Crippen LogP contribution >= 0.6 is 0 Å². The topological polar surface area (TPSA) is 55.4 Å². The molecule has 4 nitrogen and oxygen atoms in total. The summed E-state index contributed by atoms with van der Waals surface area (Å²) in [6, 6.07) is 8.14. The number of nitrogens with one attached hydrogen (secondary N) is 1. The molecule has 0 unspecified atom stereocenters. The van der Waals surface area contributed by atoms with Crippen LogP contribution in [-0.4, -0.2) is 18.5 Å². The number of carbonyl (C=O) groups excluding carboxylic acids is 2. The zero-order valence-electron chi connectivity index (χ0n) is 13.4. The first-order valence-electron chi connectivity index (χ1n) is 7.31. The first-order chi connectivity index (χ1) is 11.3. The van der Waals surface area contributed by atoms with Crippen molar-refractivity contribution < 1.29 is 23.1 Å². The van der Waals surface area contributed by atoms with Gasteiger partial charge in [-0.15, -0.1) is 0 Å². The highest BCUT2D eigenvalue weighted by Crippen LogP contribution is 2.10. The monoisotopic (exact) mass is 333 g/mol. The van der Waals surface area contributed by atoms with Gasteiger partial charge < -0.3 is 10.1 Å². The SMILES string of the molecule is Cc1ccc(CNC(=O)COC(=O)c2cc(F)cc(F)c2)cc1C. The van der Waals surface area contributed by atoms with E-state index in [-0.39, 0.29) is 5.56 Å². The van der Waals surface area contributed by atoms with Crippen LogP contribution in [0.5, 0.6) is 0 Å². The molecule has 2 aromatic rings. The number of hydrogen-bond acceptors (Lipinski definition) is 3. The Morgan fingerprint density at radius 1 is 1.00 bits per heavy atom. The van der Waals surface area contributed by atoms with E-state index in [0.29, 0.717) is 12.6 Å². The molecular formula is C18H17F2NO3. The zero-order valence-corrected chi connectivity index (χ0v) is 13.4. The first kappa shape index (κ1) is 17.6. The molecule has 0 aliphatic rings. The molecule has 2 rings (SSSR count). The van der Waals surface area contributed by atoms with Gasteiger partial charge in [-0.2, -0.15) is 0 Å². The lowest BCUT2D eigenvalue weighted by atomic mass is 10.1. The normalized spacial score (nSPS) is 10.3. The lowest BCUT2D eigenvalue weighted by Gasteiger charge is -2.08. The van der Waals surface area contributed by atoms with Gasteiger partial charge in [-0.25, -0.2) is 13.6 Å². The number of ether oxygens (including phenoxy) is 1. The predicted molar refractivity (Wildman–Crippen MR) is 84.4 cm³/mol. The number of carbonyl (C=O) groups is 2. The fourth-order valence-corrected chi connectivity index (χ4v) is 2.05. The van der Waals surface area contributed by atoms with Gasteiger partial charge in [-0.05, 0) is 42.7 Å². The Bertz CT molecular complexity index is 755. The summed E-state index contributed by atoms with van der Waals surface area (Å²) in [5.41, 5.74) is 2.90. The van der Waals surface area contributed by atoms with Crippen molar-refractivity contribution in [2.75, 3.05) is 6.61 Å². The number of esters is 1. The number of benzene rings is 2. The van der Waals surface area contributed by atoms with Crippen LogP contribution in [0.2, 0.25) is 0 Å². The van der Waals surface area contributed by atoms with Gasteiger partial charge in [-0.3, -0.25) is 4.79 Å². The van der Waals surface area contributed by atoms with Gasteiger partial charge in [0, 0.05) is 12.6 Å². The quantitative estimate of drug-likeness (QED) is 0.856. The Kier molecular flexibility index (Phi) is 5.63. The maximum absolute atomic E-state index is 13.0. The van der Waals surface area contributed by atoms with Crippen LogP contribution in [0.1, 0.15) is 27.0 Å². The molecule has 0 aliphatic carbocycles. The largest absolute Gasteiger partial charge is 0.452 e. The fraction of sp³-hybridized carbons (Fsp3) is 0.222. The summed E-state index contributed by atoms with van der Waals surface area (Å²) < 4.78 is 30.8. The van der Waals surface area contributed by atoms with Crippen molar-refractivity contribution in [3.63, 3.8) is 0 Å². The van der Waals surface area contributed by atoms with Crippen LogP contribution in [-0.2, 0) is 16.1 Å². The Morgan fingerprint density at radius 2 is 1.67 bits per heavy atom. The molecule has 1 amide bonds. The first-order valence-corrected chi connectivity index (χ1v) is 7.31. The molecule has 0 atom stereocenters. The van der Waals surface area contributed by atoms with Crippen molar-refractivity contribution >= 4 is 11.9 Å². The van der Waals surface area contributed by atoms with Crippen molar-refractivity contribution in [3.8, 4) is 0 Å². The molecule has 0 aromatic heterocycles. The minimum atomic E-state index is -0.963. The second kappa shape index (κ2) is 7.68. The van der Waals surface area contributed by atoms with Crippen molar-refractivity contribution in [2.24, 2.45) is 0 Å². The highest BCUT2D eigenvalue weighted by Gasteiger charge is 2.12. The summed E-state index contributed by atoms with van der Waals surface area (Å²) in [5.74, 6) is -3.24. The number of hydrogen-bond donors (Lipinski definition) is 1. The molecule has 24 heavy (non-hydrogen) atoms. The van der Waals surface area contributed by atoms with E-state index in [1.54, 1.807) is 0 Å². The zero-order chi connectivity index (χ0) is 17.7. The molecule has 0 saturated carbocycles. The van der Waals surface area contributed by atoms with E-state index in [2.05, 4.69) is 5.32 Å². The second-order valence-corrected chi connectivity index (χ2v) is 5.43. The molecule has 1 N–H and O–H groups in total. The molecule has 0 spiro atoms. The minimum absolute atomic E-state index is 0.283. The van der Waals surface area contributed by atoms with Gasteiger partial charge >= 0.3 is 5.97 Å². The summed E-state index contributed by atoms with van der Waals surface area (Å²) in [5, 5.41) is 2.61. The van der Waals surface area contributed by atoms with Crippen molar-refractivity contribution in [2.45, 2.75) is 20.4 Å². The van der Waals surface area contributed by atoms with Crippen molar-refractivity contribution in [3.05, 3.63) is 70.3 Å². The average Bonchev–Trinajstić information content (AvgIpc) is 2.52. The molecule has 0 bridgehead atoms. The highest BCUT2D eigenvalue weighted by atomic mass is 19.1. The molecule has 2 aromatic carbocycles. The number of aryl methyl sites for hydroxylation is 2. The Balaban J connectivity index is 1.84. The third kappa shape index (κ3) is 4.87. The average molecular weight is 333 g/mol. The predicted octanol–water partition coefficient (Wildman–Crippen LogP) is 3.05. The third-order valence-electron chi connectivity index (χ3n) is 3.49. The number of amides is 1. The van der Waals surface area contributed by atoms with Crippen LogP contribution in [0.3, 0.4) is 0 Å². The third-order valence-corrected chi connectivity index (χ3v) is 3.49. The maximum atomic E-state index is 13.0. The molecule has 0 heterocycles. The van der Waals surface area contributed by atoms with E-state index >= 15 is 0 Å². The smallest absolute Gasteiger partial charge is 0.338 e. The Labute approximate surface area is 138 Å². The fourth-order valence-electron chi connectivity index (χ4n) is 2.05. The summed E-state index contributed by atoms with van der Waals surface area (Å²) in [6.07, 6.45) is 0. The lowest BCUT2D eigenvalue weighted by Crippen LogP contribution is -2.28. The van der Waals surface area contributed by atoms with Gasteiger partial charge in [-0.1, -0.05) is 18.2 Å². The van der Waals surface area contributed by atoms with Crippen LogP contribution in [0.4, 0.5) is 8.78 Å². The molecule has 126 valence electrons. The highest BCUT2D eigenvalue weighted by molar-refractivity contribution is 5.91. The maximum Gasteiger partial charge on any atom is 0.338 e. The van der Waals surface area contributed by atoms with E-state index < -0.39 is 30.1 Å². The van der Waals surface area contributed by atoms with Gasteiger partial charge in [0.25, 0.3) is 5.91 Å². The summed E-state index contributed by atoms with van der Waals surface area (Å²) in [6.45, 7) is 3.74. The van der Waals surface area contributed by atoms with E-state index in [4.69, 9.17) is 4.74 Å². The lowest BCUT2D eigenvalue weighted by molar-refractivity contribution is -0.124. The molecule has 0 saturated heterocycles. The molecule has 0 radical (unpaired) electrons. The minimum Gasteiger partial charge on any atom is -0.452 e. The Morgan fingerprint density at radius 3 is 2.29 bits per heavy atom. The summed E-state index contributed by atoms with van der Waals surface area (Å²) in [7, 11) is 0. The van der Waals surface area contributed by atoms with Crippen LogP contribution in [0, 0.1) is 25.5 Å². The summed E-state index contributed by atoms with van der Waals surface area (Å²) >= 11 is 0. The Hall–Kier alpha value is -2.76. The van der Waals surface area contributed by atoms with Crippen LogP contribution in [0.15, 0.2) is 36.4 Å². The summed E-state index contributed by atoms with van der Waals surface area (Å²) in [4.78, 5) is 23.4. The van der Waals surface area contributed by atoms with Gasteiger partial charge in [0.05, 0.1) is 5.56 Å². The van der Waals surface area contributed by atoms with Crippen molar-refractivity contribution in [1.29, 1.82) is 0 Å². The van der Waals surface area contributed by atoms with Gasteiger partial charge in [0.1, 0.15) is 11.6 Å². The molecule has 0 fully saturated rings.